The quantitative estimate of drug-likeness (QED) is 0.221. The topological polar surface area (TPSA) is 107 Å². The standard InChI is InChI=1S/C28H54BrN5O4Si3/c1-26(2,3)39(10,11)35-16-18-20(37-40(12,13)27(4,5)6)21(38-41(14,15)28(7,8)9)24(36-18)34-17-31-19-22(30)32-25(29)33-23(19)34/h17-18,20-21,24H,16H2,1-15H3,(H2,30,32,33)/t18-,20-,21-,24-/m1/s1. The maximum Gasteiger partial charge on any atom is 0.200 e. The molecule has 234 valence electrons. The number of anilines is 1. The average molecular weight is 689 g/mol. The van der Waals surface area contributed by atoms with Crippen molar-refractivity contribution in [3.05, 3.63) is 11.1 Å². The van der Waals surface area contributed by atoms with Crippen molar-refractivity contribution in [3.8, 4) is 0 Å². The SMILES string of the molecule is CC(C)(C)[Si](C)(C)OC[C@H]1O[C@@H](n2cnc3c(N)nc(Br)nc32)[C@H](O[Si](C)(C)C(C)(C)C)[C@@H]1O[Si](C)(C)C(C)(C)C. The zero-order chi connectivity index (χ0) is 31.6. The number of fused-ring (bicyclic) bond motifs is 1. The van der Waals surface area contributed by atoms with E-state index in [0.29, 0.717) is 28.3 Å². The fourth-order valence-corrected chi connectivity index (χ4v) is 7.95. The van der Waals surface area contributed by atoms with Crippen LogP contribution in [-0.2, 0) is 18.0 Å². The van der Waals surface area contributed by atoms with E-state index in [0.717, 1.165) is 0 Å². The number of hydrogen-bond donors (Lipinski definition) is 1. The lowest BCUT2D eigenvalue weighted by Crippen LogP contribution is -2.54. The molecule has 13 heteroatoms. The molecular formula is C28H54BrN5O4Si3. The minimum absolute atomic E-state index is 0.00564. The molecule has 0 aliphatic carbocycles. The van der Waals surface area contributed by atoms with Crippen LogP contribution in [0.15, 0.2) is 11.1 Å². The molecule has 2 N–H and O–H groups in total. The molecule has 0 spiro atoms. The lowest BCUT2D eigenvalue weighted by molar-refractivity contribution is -0.0470. The highest BCUT2D eigenvalue weighted by molar-refractivity contribution is 9.10. The average Bonchev–Trinajstić information content (AvgIpc) is 3.31. The molecule has 2 aromatic heterocycles. The highest BCUT2D eigenvalue weighted by Gasteiger charge is 2.55. The summed E-state index contributed by atoms with van der Waals surface area (Å²) in [6.45, 7) is 34.4. The summed E-state index contributed by atoms with van der Waals surface area (Å²) in [4.78, 5) is 13.5. The molecule has 0 radical (unpaired) electrons. The van der Waals surface area contributed by atoms with Gasteiger partial charge in [-0.1, -0.05) is 62.3 Å². The van der Waals surface area contributed by atoms with E-state index in [1.54, 1.807) is 6.33 Å². The van der Waals surface area contributed by atoms with E-state index in [9.17, 15) is 0 Å². The van der Waals surface area contributed by atoms with Gasteiger partial charge in [0.25, 0.3) is 0 Å². The minimum atomic E-state index is -2.27. The van der Waals surface area contributed by atoms with Gasteiger partial charge >= 0.3 is 0 Å². The number of nitrogen functional groups attached to an aromatic ring is 1. The molecule has 4 atom stereocenters. The molecule has 0 unspecified atom stereocenters. The Hall–Kier alpha value is -0.679. The van der Waals surface area contributed by atoms with Gasteiger partial charge in [-0.25, -0.2) is 15.0 Å². The summed E-state index contributed by atoms with van der Waals surface area (Å²) >= 11 is 3.41. The molecule has 1 aliphatic heterocycles. The van der Waals surface area contributed by atoms with Crippen LogP contribution >= 0.6 is 15.9 Å². The molecule has 3 heterocycles. The number of halogens is 1. The first-order valence-corrected chi connectivity index (χ1v) is 24.1. The van der Waals surface area contributed by atoms with E-state index < -0.39 is 37.3 Å². The van der Waals surface area contributed by atoms with E-state index in [1.165, 1.54) is 0 Å². The predicted molar refractivity (Wildman–Crippen MR) is 179 cm³/mol. The zero-order valence-electron chi connectivity index (χ0n) is 28.0. The second-order valence-electron chi connectivity index (χ2n) is 16.0. The van der Waals surface area contributed by atoms with Gasteiger partial charge < -0.3 is 23.7 Å². The molecular weight excluding hydrogens is 635 g/mol. The van der Waals surface area contributed by atoms with Crippen molar-refractivity contribution in [1.82, 2.24) is 19.5 Å². The Morgan fingerprint density at radius 2 is 1.32 bits per heavy atom. The summed E-state index contributed by atoms with van der Waals surface area (Å²) in [5, 5.41) is 0.0617. The van der Waals surface area contributed by atoms with Crippen LogP contribution in [0.4, 0.5) is 5.82 Å². The summed E-state index contributed by atoms with van der Waals surface area (Å²) in [6.07, 6.45) is 0.136. The Labute approximate surface area is 259 Å². The molecule has 1 aliphatic rings. The van der Waals surface area contributed by atoms with Crippen molar-refractivity contribution in [3.63, 3.8) is 0 Å². The lowest BCUT2D eigenvalue weighted by atomic mass is 10.1. The number of nitrogens with two attached hydrogens (primary N) is 1. The maximum absolute atomic E-state index is 7.24. The van der Waals surface area contributed by atoms with Gasteiger partial charge in [0.2, 0.25) is 4.73 Å². The van der Waals surface area contributed by atoms with Crippen LogP contribution in [0.1, 0.15) is 68.5 Å². The van der Waals surface area contributed by atoms with E-state index in [4.69, 9.17) is 23.7 Å². The monoisotopic (exact) mass is 687 g/mol. The van der Waals surface area contributed by atoms with Crippen molar-refractivity contribution in [1.29, 1.82) is 0 Å². The van der Waals surface area contributed by atoms with E-state index >= 15 is 0 Å². The number of hydrogen-bond acceptors (Lipinski definition) is 8. The van der Waals surface area contributed by atoms with Crippen molar-refractivity contribution >= 4 is 57.9 Å². The molecule has 9 nitrogen and oxygen atoms in total. The van der Waals surface area contributed by atoms with Gasteiger partial charge in [-0.3, -0.25) is 4.57 Å². The van der Waals surface area contributed by atoms with Gasteiger partial charge in [-0.15, -0.1) is 0 Å². The Bertz CT molecular complexity index is 1230. The number of aromatic nitrogens is 4. The Kier molecular flexibility index (Phi) is 9.64. The number of ether oxygens (including phenoxy) is 1. The fourth-order valence-electron chi connectivity index (χ4n) is 3.97. The summed E-state index contributed by atoms with van der Waals surface area (Å²) in [5.74, 6) is 0.312. The number of nitrogens with zero attached hydrogens (tertiary/aromatic N) is 4. The van der Waals surface area contributed by atoms with Gasteiger partial charge in [0.15, 0.2) is 42.6 Å². The summed E-state index contributed by atoms with van der Waals surface area (Å²) in [7, 11) is -6.57. The van der Waals surface area contributed by atoms with Crippen molar-refractivity contribution < 1.29 is 18.0 Å². The van der Waals surface area contributed by atoms with E-state index in [-0.39, 0.29) is 27.3 Å². The molecule has 2 aromatic rings. The third-order valence-corrected chi connectivity index (χ3v) is 23.7. The molecule has 0 amide bonds. The van der Waals surface area contributed by atoms with E-state index in [1.807, 2.05) is 4.57 Å². The summed E-state index contributed by atoms with van der Waals surface area (Å²) < 4.78 is 30.5. The first-order valence-electron chi connectivity index (χ1n) is 14.6. The van der Waals surface area contributed by atoms with E-state index in [2.05, 4.69) is 132 Å². The molecule has 0 aromatic carbocycles. The second-order valence-corrected chi connectivity index (χ2v) is 31.1. The second kappa shape index (κ2) is 11.4. The van der Waals surface area contributed by atoms with Gasteiger partial charge in [-0.05, 0) is 70.3 Å². The predicted octanol–water partition coefficient (Wildman–Crippen LogP) is 7.87. The first kappa shape index (κ1) is 34.8. The first-order chi connectivity index (χ1) is 18.3. The van der Waals surface area contributed by atoms with Crippen molar-refractivity contribution in [2.45, 2.75) is 141 Å². The number of rotatable bonds is 8. The number of imidazole rings is 1. The molecule has 1 fully saturated rings. The largest absolute Gasteiger partial charge is 0.414 e. The van der Waals surface area contributed by atoms with Crippen LogP contribution in [0.3, 0.4) is 0 Å². The van der Waals surface area contributed by atoms with Crippen LogP contribution in [0, 0.1) is 0 Å². The van der Waals surface area contributed by atoms with Crippen LogP contribution in [0.2, 0.25) is 54.4 Å². The Morgan fingerprint density at radius 3 is 1.80 bits per heavy atom. The minimum Gasteiger partial charge on any atom is -0.414 e. The summed E-state index contributed by atoms with van der Waals surface area (Å²) in [6, 6.07) is 0. The van der Waals surface area contributed by atoms with Crippen LogP contribution < -0.4 is 5.73 Å². The van der Waals surface area contributed by atoms with Crippen LogP contribution in [-0.4, -0.2) is 69.4 Å². The normalized spacial score (nSPS) is 23.5. The van der Waals surface area contributed by atoms with Crippen LogP contribution in [0.25, 0.3) is 11.2 Å². The third-order valence-electron chi connectivity index (χ3n) is 9.87. The molecule has 41 heavy (non-hydrogen) atoms. The highest BCUT2D eigenvalue weighted by atomic mass is 79.9. The van der Waals surface area contributed by atoms with Crippen LogP contribution in [0.5, 0.6) is 0 Å². The molecule has 0 saturated carbocycles. The van der Waals surface area contributed by atoms with Gasteiger partial charge in [0.1, 0.15) is 23.8 Å². The van der Waals surface area contributed by atoms with Crippen molar-refractivity contribution in [2.75, 3.05) is 12.3 Å². The Morgan fingerprint density at radius 1 is 0.829 bits per heavy atom. The molecule has 0 bridgehead atoms. The van der Waals surface area contributed by atoms with Crippen molar-refractivity contribution in [2.24, 2.45) is 0 Å². The zero-order valence-corrected chi connectivity index (χ0v) is 32.6. The van der Waals surface area contributed by atoms with Gasteiger partial charge in [0.05, 0.1) is 12.9 Å². The Balaban J connectivity index is 2.18. The van der Waals surface area contributed by atoms with Gasteiger partial charge in [0, 0.05) is 0 Å². The molecule has 3 rings (SSSR count). The lowest BCUT2D eigenvalue weighted by Gasteiger charge is -2.44. The summed E-state index contributed by atoms with van der Waals surface area (Å²) in [5.41, 5.74) is 7.35. The van der Waals surface area contributed by atoms with Gasteiger partial charge in [-0.2, -0.15) is 0 Å². The molecule has 1 saturated heterocycles. The maximum atomic E-state index is 7.24. The smallest absolute Gasteiger partial charge is 0.200 e. The highest BCUT2D eigenvalue weighted by Crippen LogP contribution is 2.47. The fraction of sp³-hybridized carbons (Fsp3) is 0.821. The third kappa shape index (κ3) is 7.18.